The molecule has 1 amide bonds. The van der Waals surface area contributed by atoms with Crippen molar-refractivity contribution in [3.05, 3.63) is 31.4 Å². The number of hydrogen-bond acceptors (Lipinski definition) is 5. The van der Waals surface area contributed by atoms with Gasteiger partial charge in [-0.1, -0.05) is 24.4 Å². The van der Waals surface area contributed by atoms with Gasteiger partial charge in [0.15, 0.2) is 0 Å². The van der Waals surface area contributed by atoms with Crippen molar-refractivity contribution in [2.45, 2.75) is 50.4 Å². The van der Waals surface area contributed by atoms with Crippen LogP contribution in [0.3, 0.4) is 0 Å². The first kappa shape index (κ1) is 16.5. The third-order valence-electron chi connectivity index (χ3n) is 5.00. The summed E-state index contributed by atoms with van der Waals surface area (Å²) in [7, 11) is 0. The number of halogens is 1. The fourth-order valence-electron chi connectivity index (χ4n) is 3.70. The number of thiophene rings is 1. The van der Waals surface area contributed by atoms with Crippen molar-refractivity contribution in [2.24, 2.45) is 0 Å². The second kappa shape index (κ2) is 7.10. The number of carbonyl (C=O) groups excluding carboxylic acids is 1. The van der Waals surface area contributed by atoms with Gasteiger partial charge >= 0.3 is 0 Å². The van der Waals surface area contributed by atoms with E-state index in [9.17, 15) is 4.79 Å². The summed E-state index contributed by atoms with van der Waals surface area (Å²) in [6, 6.07) is 3.61. The molecule has 3 heterocycles. The van der Waals surface area contributed by atoms with Gasteiger partial charge in [0.25, 0.3) is 5.91 Å². The average molecular weight is 382 g/mol. The first-order chi connectivity index (χ1) is 11.7. The van der Waals surface area contributed by atoms with Crippen LogP contribution in [0, 0.1) is 0 Å². The number of carbonyl (C=O) groups is 1. The van der Waals surface area contributed by atoms with E-state index in [1.807, 2.05) is 11.0 Å². The summed E-state index contributed by atoms with van der Waals surface area (Å²) in [6.45, 7) is 1.56. The molecule has 1 unspecified atom stereocenters. The van der Waals surface area contributed by atoms with E-state index in [4.69, 9.17) is 11.6 Å². The Labute approximate surface area is 154 Å². The van der Waals surface area contributed by atoms with Crippen molar-refractivity contribution in [3.8, 4) is 0 Å². The molecule has 2 aliphatic rings. The molecule has 0 bridgehead atoms. The van der Waals surface area contributed by atoms with Crippen LogP contribution in [0.4, 0.5) is 0 Å². The fraction of sp³-hybridized carbons (Fsp3) is 0.588. The number of hydrogen-bond donors (Lipinski definition) is 0. The van der Waals surface area contributed by atoms with E-state index in [-0.39, 0.29) is 5.91 Å². The van der Waals surface area contributed by atoms with Crippen LogP contribution in [0.1, 0.15) is 70.0 Å². The minimum Gasteiger partial charge on any atom is -0.337 e. The summed E-state index contributed by atoms with van der Waals surface area (Å²) in [5.74, 6) is 1.04. The van der Waals surface area contributed by atoms with Gasteiger partial charge in [0, 0.05) is 24.9 Å². The second-order valence-corrected chi connectivity index (χ2v) is 9.41. The SMILES string of the molecule is O=C(c1ccc(Cl)s1)N1CCCC(c2nnc(C3CCCC3)s2)C1. The Morgan fingerprint density at radius 3 is 2.46 bits per heavy atom. The molecule has 0 spiro atoms. The highest BCUT2D eigenvalue weighted by Gasteiger charge is 2.29. The number of piperidine rings is 1. The average Bonchev–Trinajstić information content (AvgIpc) is 3.35. The van der Waals surface area contributed by atoms with E-state index in [1.54, 1.807) is 17.4 Å². The lowest BCUT2D eigenvalue weighted by atomic mass is 9.98. The lowest BCUT2D eigenvalue weighted by molar-refractivity contribution is 0.0712. The quantitative estimate of drug-likeness (QED) is 0.757. The van der Waals surface area contributed by atoms with Crippen LogP contribution in [-0.4, -0.2) is 34.1 Å². The number of likely N-dealkylation sites (tertiary alicyclic amines) is 1. The molecule has 0 radical (unpaired) electrons. The Kier molecular flexibility index (Phi) is 4.88. The molecule has 1 atom stereocenters. The summed E-state index contributed by atoms with van der Waals surface area (Å²) < 4.78 is 0.664. The van der Waals surface area contributed by atoms with E-state index in [0.29, 0.717) is 16.2 Å². The smallest absolute Gasteiger partial charge is 0.263 e. The third kappa shape index (κ3) is 3.37. The predicted octanol–water partition coefficient (Wildman–Crippen LogP) is 4.93. The van der Waals surface area contributed by atoms with E-state index >= 15 is 0 Å². The molecular formula is C17H20ClN3OS2. The van der Waals surface area contributed by atoms with E-state index < -0.39 is 0 Å². The highest BCUT2D eigenvalue weighted by Crippen LogP contribution is 2.38. The Morgan fingerprint density at radius 2 is 1.75 bits per heavy atom. The third-order valence-corrected chi connectivity index (χ3v) is 7.47. The van der Waals surface area contributed by atoms with Gasteiger partial charge in [-0.3, -0.25) is 4.79 Å². The second-order valence-electron chi connectivity index (χ2n) is 6.65. The minimum absolute atomic E-state index is 0.0946. The molecule has 2 aromatic heterocycles. The largest absolute Gasteiger partial charge is 0.337 e. The van der Waals surface area contributed by atoms with Crippen molar-refractivity contribution >= 4 is 40.2 Å². The van der Waals surface area contributed by atoms with Crippen molar-refractivity contribution in [1.82, 2.24) is 15.1 Å². The number of rotatable bonds is 3. The van der Waals surface area contributed by atoms with Gasteiger partial charge in [-0.25, -0.2) is 0 Å². The molecule has 1 saturated carbocycles. The Balaban J connectivity index is 1.45. The lowest BCUT2D eigenvalue weighted by Gasteiger charge is -2.31. The maximum absolute atomic E-state index is 12.6. The predicted molar refractivity (Wildman–Crippen MR) is 98.3 cm³/mol. The van der Waals surface area contributed by atoms with Crippen LogP contribution in [-0.2, 0) is 0 Å². The molecule has 4 rings (SSSR count). The molecule has 0 N–H and O–H groups in total. The van der Waals surface area contributed by atoms with Crippen LogP contribution in [0.25, 0.3) is 0 Å². The van der Waals surface area contributed by atoms with Crippen molar-refractivity contribution in [1.29, 1.82) is 0 Å². The zero-order valence-electron chi connectivity index (χ0n) is 13.4. The molecule has 4 nitrogen and oxygen atoms in total. The van der Waals surface area contributed by atoms with Crippen LogP contribution in [0.15, 0.2) is 12.1 Å². The first-order valence-electron chi connectivity index (χ1n) is 8.58. The minimum atomic E-state index is 0.0946. The number of aromatic nitrogens is 2. The summed E-state index contributed by atoms with van der Waals surface area (Å²) in [5.41, 5.74) is 0. The molecule has 2 aromatic rings. The summed E-state index contributed by atoms with van der Waals surface area (Å²) >= 11 is 9.09. The molecule has 0 aromatic carbocycles. The van der Waals surface area contributed by atoms with Gasteiger partial charge in [-0.15, -0.1) is 32.9 Å². The molecule has 7 heteroatoms. The maximum Gasteiger partial charge on any atom is 0.263 e. The highest BCUT2D eigenvalue weighted by molar-refractivity contribution is 7.18. The summed E-state index contributed by atoms with van der Waals surface area (Å²) in [6.07, 6.45) is 7.25. The molecule has 1 saturated heterocycles. The summed E-state index contributed by atoms with van der Waals surface area (Å²) in [4.78, 5) is 15.3. The maximum atomic E-state index is 12.6. The van der Waals surface area contributed by atoms with Crippen LogP contribution >= 0.6 is 34.3 Å². The molecule has 1 aliphatic carbocycles. The number of amides is 1. The van der Waals surface area contributed by atoms with Gasteiger partial charge in [0.1, 0.15) is 10.0 Å². The lowest BCUT2D eigenvalue weighted by Crippen LogP contribution is -2.38. The molecule has 24 heavy (non-hydrogen) atoms. The van der Waals surface area contributed by atoms with Crippen LogP contribution < -0.4 is 0 Å². The number of nitrogens with zero attached hydrogens (tertiary/aromatic N) is 3. The molecule has 1 aliphatic heterocycles. The first-order valence-corrected chi connectivity index (χ1v) is 10.6. The fourth-order valence-corrected chi connectivity index (χ4v) is 5.85. The summed E-state index contributed by atoms with van der Waals surface area (Å²) in [5, 5.41) is 11.2. The van der Waals surface area contributed by atoms with Gasteiger partial charge in [-0.05, 0) is 37.8 Å². The van der Waals surface area contributed by atoms with Gasteiger partial charge in [0.2, 0.25) is 0 Å². The molecule has 128 valence electrons. The van der Waals surface area contributed by atoms with E-state index in [0.717, 1.165) is 35.8 Å². The van der Waals surface area contributed by atoms with Gasteiger partial charge in [-0.2, -0.15) is 0 Å². The molecular weight excluding hydrogens is 362 g/mol. The Morgan fingerprint density at radius 1 is 1.04 bits per heavy atom. The Hall–Kier alpha value is -0.980. The molecule has 2 fully saturated rings. The van der Waals surface area contributed by atoms with Crippen molar-refractivity contribution < 1.29 is 4.79 Å². The van der Waals surface area contributed by atoms with Gasteiger partial charge < -0.3 is 4.90 Å². The van der Waals surface area contributed by atoms with E-state index in [1.165, 1.54) is 42.0 Å². The van der Waals surface area contributed by atoms with Crippen LogP contribution in [0.5, 0.6) is 0 Å². The van der Waals surface area contributed by atoms with Crippen molar-refractivity contribution in [3.63, 3.8) is 0 Å². The normalized spacial score (nSPS) is 22.2. The topological polar surface area (TPSA) is 46.1 Å². The van der Waals surface area contributed by atoms with Crippen LogP contribution in [0.2, 0.25) is 4.34 Å². The van der Waals surface area contributed by atoms with Gasteiger partial charge in [0.05, 0.1) is 9.21 Å². The van der Waals surface area contributed by atoms with Crippen molar-refractivity contribution in [2.75, 3.05) is 13.1 Å². The van der Waals surface area contributed by atoms with E-state index in [2.05, 4.69) is 10.2 Å². The standard InChI is InChI=1S/C17H20ClN3OS2/c18-14-8-7-13(23-14)17(22)21-9-3-6-12(10-21)16-20-19-15(24-16)11-4-1-2-5-11/h7-8,11-12H,1-6,9-10H2. The zero-order valence-corrected chi connectivity index (χ0v) is 15.8. The highest BCUT2D eigenvalue weighted by atomic mass is 35.5. The zero-order chi connectivity index (χ0) is 16.5. The monoisotopic (exact) mass is 381 g/mol. The Bertz CT molecular complexity index is 723.